The number of carboxylic acid groups (broad SMARTS) is 1. The van der Waals surface area contributed by atoms with Gasteiger partial charge in [0.15, 0.2) is 0 Å². The molecule has 0 saturated carbocycles. The highest BCUT2D eigenvalue weighted by atomic mass is 127. The summed E-state index contributed by atoms with van der Waals surface area (Å²) in [6.45, 7) is 0.595. The van der Waals surface area contributed by atoms with Gasteiger partial charge < -0.3 is 9.67 Å². The highest BCUT2D eigenvalue weighted by Crippen LogP contribution is 2.23. The first kappa shape index (κ1) is 19.5. The first-order valence-electron chi connectivity index (χ1n) is 9.18. The van der Waals surface area contributed by atoms with Crippen LogP contribution in [0.25, 0.3) is 16.6 Å². The number of rotatable bonds is 6. The summed E-state index contributed by atoms with van der Waals surface area (Å²) in [5.41, 5.74) is 2.22. The largest absolute Gasteiger partial charge is 0.477 e. The van der Waals surface area contributed by atoms with Crippen LogP contribution in [0, 0.1) is 5.92 Å². The molecule has 0 spiro atoms. The zero-order valence-corrected chi connectivity index (χ0v) is 17.8. The van der Waals surface area contributed by atoms with E-state index in [2.05, 4.69) is 21.8 Å². The van der Waals surface area contributed by atoms with E-state index in [-0.39, 0.29) is 32.2 Å². The lowest BCUT2D eigenvalue weighted by Gasteiger charge is -2.20. The second-order valence-corrected chi connectivity index (χ2v) is 8.75. The van der Waals surface area contributed by atoms with E-state index in [1.165, 1.54) is 6.20 Å². The van der Waals surface area contributed by atoms with Crippen LogP contribution in [-0.2, 0) is 11.0 Å². The van der Waals surface area contributed by atoms with E-state index in [0.29, 0.717) is 11.9 Å². The fourth-order valence-electron chi connectivity index (χ4n) is 3.53. The summed E-state index contributed by atoms with van der Waals surface area (Å²) >= 11 is -0.0681. The highest BCUT2D eigenvalue weighted by molar-refractivity contribution is 14.2. The Morgan fingerprint density at radius 1 is 1.31 bits per heavy atom. The van der Waals surface area contributed by atoms with E-state index < -0.39 is 11.4 Å². The molecule has 0 saturated heterocycles. The maximum atomic E-state index is 12.4. The van der Waals surface area contributed by atoms with Crippen LogP contribution < -0.4 is 5.43 Å². The molecule has 1 atom stereocenters. The van der Waals surface area contributed by atoms with Crippen molar-refractivity contribution in [3.8, 4) is 0 Å². The summed E-state index contributed by atoms with van der Waals surface area (Å²) in [6.07, 6.45) is 10.6. The van der Waals surface area contributed by atoms with Crippen LogP contribution in [0.5, 0.6) is 0 Å². The molecule has 1 N–H and O–H groups in total. The third-order valence-corrected chi connectivity index (χ3v) is 6.28. The molecule has 1 aliphatic carbocycles. The van der Waals surface area contributed by atoms with Crippen molar-refractivity contribution in [2.75, 3.05) is 0 Å². The van der Waals surface area contributed by atoms with E-state index in [1.54, 1.807) is 12.1 Å². The minimum absolute atomic E-state index is 0.0681. The lowest BCUT2D eigenvalue weighted by Crippen LogP contribution is -2.21. The van der Waals surface area contributed by atoms with E-state index in [4.69, 9.17) is 0 Å². The molecule has 6 nitrogen and oxygen atoms in total. The number of aromatic nitrogens is 3. The first-order valence-corrected chi connectivity index (χ1v) is 12.2. The number of carbonyl (C=O) groups is 1. The number of aromatic carboxylic acids is 1. The number of hydrogen-bond donors (Lipinski definition) is 1. The van der Waals surface area contributed by atoms with E-state index in [9.17, 15) is 14.7 Å². The standard InChI is InChI=1S/C22H20IN3O3/c1-23-12-16-10-11-26(24-16)17-8-6-15(7-9-17)13-25-14-19(22(28)29)21(27)18-4-2-3-5-20(18)25/h2-6,8-11,14-15H,1,7,12-13H2,(H,28,29). The third-order valence-electron chi connectivity index (χ3n) is 4.96. The minimum atomic E-state index is -1.20. The van der Waals surface area contributed by atoms with Crippen LogP contribution in [0.2, 0.25) is 0 Å². The molecular formula is C22H20IN3O3. The number of hydrogen-bond acceptors (Lipinski definition) is 3. The molecule has 0 amide bonds. The van der Waals surface area contributed by atoms with Gasteiger partial charge in [-0.3, -0.25) is 4.79 Å². The van der Waals surface area contributed by atoms with Gasteiger partial charge in [0, 0.05) is 28.8 Å². The molecule has 0 fully saturated rings. The molecule has 1 aliphatic rings. The number of carboxylic acids is 1. The number of fused-ring (bicyclic) bond motifs is 1. The van der Waals surface area contributed by atoms with Crippen LogP contribution in [0.3, 0.4) is 0 Å². The summed E-state index contributed by atoms with van der Waals surface area (Å²) < 4.78 is 8.70. The molecular weight excluding hydrogens is 481 g/mol. The number of allylic oxidation sites excluding steroid dienone is 4. The monoisotopic (exact) mass is 501 g/mol. The second-order valence-electron chi connectivity index (χ2n) is 6.90. The van der Waals surface area contributed by atoms with Crippen molar-refractivity contribution >= 4 is 47.8 Å². The number of benzene rings is 1. The second kappa shape index (κ2) is 8.28. The predicted octanol–water partition coefficient (Wildman–Crippen LogP) is 3.92. The molecule has 0 bridgehead atoms. The minimum Gasteiger partial charge on any atom is -0.477 e. The average molecular weight is 501 g/mol. The Morgan fingerprint density at radius 2 is 2.14 bits per heavy atom. The molecule has 1 unspecified atom stereocenters. The molecule has 3 aromatic rings. The van der Waals surface area contributed by atoms with Gasteiger partial charge in [-0.2, -0.15) is 5.10 Å². The number of nitrogens with zero attached hydrogens (tertiary/aromatic N) is 3. The Bertz CT molecular complexity index is 1220. The summed E-state index contributed by atoms with van der Waals surface area (Å²) in [4.78, 5) is 23.9. The van der Waals surface area contributed by atoms with Gasteiger partial charge in [0.1, 0.15) is 5.56 Å². The molecule has 2 aromatic heterocycles. The van der Waals surface area contributed by atoms with Gasteiger partial charge in [0.2, 0.25) is 5.43 Å². The fourth-order valence-corrected chi connectivity index (χ4v) is 4.49. The molecule has 1 aromatic carbocycles. The normalized spacial score (nSPS) is 16.1. The molecule has 0 aliphatic heterocycles. The summed E-state index contributed by atoms with van der Waals surface area (Å²) in [7, 11) is 0. The van der Waals surface area contributed by atoms with Crippen molar-refractivity contribution in [1.82, 2.24) is 14.3 Å². The number of para-hydroxylation sites is 1. The highest BCUT2D eigenvalue weighted by Gasteiger charge is 2.17. The van der Waals surface area contributed by atoms with Crippen molar-refractivity contribution in [3.63, 3.8) is 0 Å². The quantitative estimate of drug-likeness (QED) is 0.411. The van der Waals surface area contributed by atoms with Gasteiger partial charge in [-0.1, -0.05) is 28.8 Å². The third kappa shape index (κ3) is 4.00. The lowest BCUT2D eigenvalue weighted by atomic mass is 9.98. The zero-order valence-electron chi connectivity index (χ0n) is 15.7. The van der Waals surface area contributed by atoms with E-state index in [1.807, 2.05) is 39.7 Å². The van der Waals surface area contributed by atoms with Crippen LogP contribution >= 0.6 is 20.7 Å². The van der Waals surface area contributed by atoms with Crippen LogP contribution in [0.4, 0.5) is 0 Å². The molecule has 148 valence electrons. The summed E-state index contributed by atoms with van der Waals surface area (Å²) in [5.74, 6) is -0.998. The van der Waals surface area contributed by atoms with Gasteiger partial charge in [-0.05, 0) is 36.6 Å². The Balaban J connectivity index is 1.59. The molecule has 4 rings (SSSR count). The van der Waals surface area contributed by atoms with Crippen LogP contribution in [0.1, 0.15) is 22.5 Å². The Kier molecular flexibility index (Phi) is 5.57. The first-order chi connectivity index (χ1) is 14.1. The fraction of sp³-hybridized carbons (Fsp3) is 0.182. The zero-order chi connectivity index (χ0) is 20.4. The molecule has 29 heavy (non-hydrogen) atoms. The SMILES string of the molecule is C=ICc1ccn(C2=CCC(Cn3cc(C(=O)O)c(=O)c4ccccc43)C=C2)n1. The lowest BCUT2D eigenvalue weighted by molar-refractivity contribution is 0.0694. The van der Waals surface area contributed by atoms with Crippen molar-refractivity contribution in [2.45, 2.75) is 17.4 Å². The smallest absolute Gasteiger partial charge is 0.341 e. The Hall–Kier alpha value is -2.81. The Morgan fingerprint density at radius 3 is 2.86 bits per heavy atom. The van der Waals surface area contributed by atoms with E-state index in [0.717, 1.165) is 27.8 Å². The van der Waals surface area contributed by atoms with Gasteiger partial charge >= 0.3 is 5.97 Å². The maximum absolute atomic E-state index is 12.4. The summed E-state index contributed by atoms with van der Waals surface area (Å²) in [5, 5.41) is 14.4. The van der Waals surface area contributed by atoms with Crippen molar-refractivity contribution in [2.24, 2.45) is 5.92 Å². The Labute approximate surface area is 177 Å². The predicted molar refractivity (Wildman–Crippen MR) is 124 cm³/mol. The maximum Gasteiger partial charge on any atom is 0.341 e. The molecule has 7 heteroatoms. The number of alkyl halides is 1. The van der Waals surface area contributed by atoms with Gasteiger partial charge in [0.25, 0.3) is 0 Å². The topological polar surface area (TPSA) is 77.1 Å². The van der Waals surface area contributed by atoms with Gasteiger partial charge in [-0.15, -0.1) is 20.7 Å². The van der Waals surface area contributed by atoms with Crippen molar-refractivity contribution < 1.29 is 9.90 Å². The summed E-state index contributed by atoms with van der Waals surface area (Å²) in [6, 6.07) is 9.18. The number of halogens is 1. The van der Waals surface area contributed by atoms with Gasteiger partial charge in [-0.25, -0.2) is 9.48 Å². The van der Waals surface area contributed by atoms with Gasteiger partial charge in [0.05, 0.1) is 16.9 Å². The van der Waals surface area contributed by atoms with Crippen LogP contribution in [-0.4, -0.2) is 29.9 Å². The van der Waals surface area contributed by atoms with E-state index >= 15 is 0 Å². The average Bonchev–Trinajstić information content (AvgIpc) is 3.19. The van der Waals surface area contributed by atoms with Crippen molar-refractivity contribution in [3.05, 3.63) is 82.4 Å². The molecule has 0 radical (unpaired) electrons. The number of pyridine rings is 1. The van der Waals surface area contributed by atoms with Crippen molar-refractivity contribution in [1.29, 1.82) is 0 Å². The van der Waals surface area contributed by atoms with Crippen LogP contribution in [0.15, 0.2) is 65.7 Å². The molecule has 2 heterocycles.